The van der Waals surface area contributed by atoms with Gasteiger partial charge in [0.25, 0.3) is 5.91 Å². The van der Waals surface area contributed by atoms with Crippen LogP contribution in [0, 0.1) is 13.8 Å². The lowest BCUT2D eigenvalue weighted by Crippen LogP contribution is -2.17. The SMILES string of the molecule is CCn1nc(C)cc1C(=O)Nc1cnc(Br)c(C)c1. The molecule has 0 unspecified atom stereocenters. The summed E-state index contributed by atoms with van der Waals surface area (Å²) < 4.78 is 2.46. The summed E-state index contributed by atoms with van der Waals surface area (Å²) in [5.74, 6) is -0.175. The normalized spacial score (nSPS) is 10.5. The smallest absolute Gasteiger partial charge is 0.273 e. The molecule has 0 aliphatic carbocycles. The number of aryl methyl sites for hydroxylation is 3. The fraction of sp³-hybridized carbons (Fsp3) is 0.308. The van der Waals surface area contributed by atoms with Crippen molar-refractivity contribution in [2.75, 3.05) is 5.32 Å². The predicted molar refractivity (Wildman–Crippen MR) is 77.3 cm³/mol. The van der Waals surface area contributed by atoms with Crippen LogP contribution in [0.25, 0.3) is 0 Å². The molecule has 2 aromatic rings. The first-order chi connectivity index (χ1) is 9.01. The minimum atomic E-state index is -0.175. The van der Waals surface area contributed by atoms with Gasteiger partial charge >= 0.3 is 0 Å². The maximum atomic E-state index is 12.2. The molecule has 0 spiro atoms. The van der Waals surface area contributed by atoms with Gasteiger partial charge in [0.2, 0.25) is 0 Å². The van der Waals surface area contributed by atoms with Gasteiger partial charge in [0.15, 0.2) is 0 Å². The third-order valence-corrected chi connectivity index (χ3v) is 3.54. The third kappa shape index (κ3) is 3.01. The highest BCUT2D eigenvalue weighted by atomic mass is 79.9. The quantitative estimate of drug-likeness (QED) is 0.884. The first kappa shape index (κ1) is 13.7. The second kappa shape index (κ2) is 5.52. The van der Waals surface area contributed by atoms with Gasteiger partial charge < -0.3 is 5.32 Å². The summed E-state index contributed by atoms with van der Waals surface area (Å²) in [6.45, 7) is 6.41. The fourth-order valence-electron chi connectivity index (χ4n) is 1.79. The van der Waals surface area contributed by atoms with E-state index in [2.05, 4.69) is 31.3 Å². The summed E-state index contributed by atoms with van der Waals surface area (Å²) in [7, 11) is 0. The number of rotatable bonds is 3. The zero-order valence-electron chi connectivity index (χ0n) is 11.1. The molecule has 0 saturated carbocycles. The number of hydrogen-bond donors (Lipinski definition) is 1. The molecule has 1 amide bonds. The molecule has 0 aromatic carbocycles. The molecule has 0 aliphatic heterocycles. The number of nitrogens with one attached hydrogen (secondary N) is 1. The lowest BCUT2D eigenvalue weighted by molar-refractivity contribution is 0.101. The van der Waals surface area contributed by atoms with Crippen molar-refractivity contribution in [3.05, 3.63) is 39.9 Å². The average molecular weight is 323 g/mol. The topological polar surface area (TPSA) is 59.8 Å². The predicted octanol–water partition coefficient (Wildman–Crippen LogP) is 2.93. The first-order valence-electron chi connectivity index (χ1n) is 5.99. The molecular weight excluding hydrogens is 308 g/mol. The van der Waals surface area contributed by atoms with E-state index >= 15 is 0 Å². The Hall–Kier alpha value is -1.69. The highest BCUT2D eigenvalue weighted by molar-refractivity contribution is 9.10. The van der Waals surface area contributed by atoms with Crippen LogP contribution in [-0.4, -0.2) is 20.7 Å². The summed E-state index contributed by atoms with van der Waals surface area (Å²) in [6, 6.07) is 3.65. The maximum Gasteiger partial charge on any atom is 0.273 e. The zero-order chi connectivity index (χ0) is 14.0. The third-order valence-electron chi connectivity index (χ3n) is 2.71. The highest BCUT2D eigenvalue weighted by Gasteiger charge is 2.13. The van der Waals surface area contributed by atoms with Gasteiger partial charge in [0.1, 0.15) is 10.3 Å². The lowest BCUT2D eigenvalue weighted by atomic mass is 10.3. The second-order valence-corrected chi connectivity index (χ2v) is 5.02. The number of carbonyl (C=O) groups is 1. The monoisotopic (exact) mass is 322 g/mol. The van der Waals surface area contributed by atoms with Crippen LogP contribution in [-0.2, 0) is 6.54 Å². The van der Waals surface area contributed by atoms with Gasteiger partial charge in [0.05, 0.1) is 17.6 Å². The van der Waals surface area contributed by atoms with Crippen LogP contribution in [0.15, 0.2) is 22.9 Å². The van der Waals surface area contributed by atoms with Crippen molar-refractivity contribution in [1.82, 2.24) is 14.8 Å². The van der Waals surface area contributed by atoms with Crippen LogP contribution >= 0.6 is 15.9 Å². The minimum absolute atomic E-state index is 0.175. The van der Waals surface area contributed by atoms with Crippen LogP contribution in [0.1, 0.15) is 28.7 Å². The van der Waals surface area contributed by atoms with Gasteiger partial charge in [0, 0.05) is 6.54 Å². The maximum absolute atomic E-state index is 12.2. The van der Waals surface area contributed by atoms with Gasteiger partial charge in [-0.05, 0) is 54.4 Å². The minimum Gasteiger partial charge on any atom is -0.319 e. The first-order valence-corrected chi connectivity index (χ1v) is 6.78. The standard InChI is InChI=1S/C13H15BrN4O/c1-4-18-11(6-9(3)17-18)13(19)16-10-5-8(2)12(14)15-7-10/h5-7H,4H2,1-3H3,(H,16,19). The summed E-state index contributed by atoms with van der Waals surface area (Å²) in [4.78, 5) is 16.3. The highest BCUT2D eigenvalue weighted by Crippen LogP contribution is 2.17. The molecular formula is C13H15BrN4O. The molecule has 0 atom stereocenters. The van der Waals surface area contributed by atoms with Crippen molar-refractivity contribution >= 4 is 27.5 Å². The molecule has 6 heteroatoms. The van der Waals surface area contributed by atoms with E-state index in [9.17, 15) is 4.79 Å². The molecule has 19 heavy (non-hydrogen) atoms. The van der Waals surface area contributed by atoms with Crippen LogP contribution in [0.4, 0.5) is 5.69 Å². The van der Waals surface area contributed by atoms with E-state index in [0.717, 1.165) is 15.9 Å². The number of pyridine rings is 1. The lowest BCUT2D eigenvalue weighted by Gasteiger charge is -2.07. The fourth-order valence-corrected chi connectivity index (χ4v) is 2.01. The Morgan fingerprint density at radius 1 is 1.42 bits per heavy atom. The van der Waals surface area contributed by atoms with Gasteiger partial charge in [-0.15, -0.1) is 0 Å². The number of nitrogens with zero attached hydrogens (tertiary/aromatic N) is 3. The van der Waals surface area contributed by atoms with E-state index in [4.69, 9.17) is 0 Å². The molecule has 2 rings (SSSR count). The molecule has 0 aliphatic rings. The number of carbonyl (C=O) groups excluding carboxylic acids is 1. The molecule has 0 radical (unpaired) electrons. The Balaban J connectivity index is 2.22. The van der Waals surface area contributed by atoms with Crippen LogP contribution in [0.3, 0.4) is 0 Å². The summed E-state index contributed by atoms with van der Waals surface area (Å²) in [5, 5.41) is 7.09. The van der Waals surface area contributed by atoms with Crippen LogP contribution < -0.4 is 5.32 Å². The Morgan fingerprint density at radius 3 is 2.79 bits per heavy atom. The van der Waals surface area contributed by atoms with Crippen molar-refractivity contribution in [2.24, 2.45) is 0 Å². The second-order valence-electron chi connectivity index (χ2n) is 4.27. The Labute approximate surface area is 120 Å². The number of hydrogen-bond acceptors (Lipinski definition) is 3. The van der Waals surface area contributed by atoms with Gasteiger partial charge in [-0.2, -0.15) is 5.10 Å². The van der Waals surface area contributed by atoms with E-state index in [1.54, 1.807) is 16.9 Å². The Kier molecular flexibility index (Phi) is 3.99. The van der Waals surface area contributed by atoms with E-state index < -0.39 is 0 Å². The molecule has 2 aromatic heterocycles. The van der Waals surface area contributed by atoms with Gasteiger partial charge in [-0.3, -0.25) is 9.48 Å². The van der Waals surface area contributed by atoms with Gasteiger partial charge in [-0.1, -0.05) is 0 Å². The summed E-state index contributed by atoms with van der Waals surface area (Å²) in [5.41, 5.74) is 3.03. The van der Waals surface area contributed by atoms with E-state index in [0.29, 0.717) is 17.9 Å². The number of anilines is 1. The van der Waals surface area contributed by atoms with E-state index in [1.807, 2.05) is 26.8 Å². The molecule has 0 bridgehead atoms. The number of aromatic nitrogens is 3. The molecule has 0 saturated heterocycles. The molecule has 0 fully saturated rings. The summed E-state index contributed by atoms with van der Waals surface area (Å²) >= 11 is 3.33. The average Bonchev–Trinajstić information content (AvgIpc) is 2.75. The van der Waals surface area contributed by atoms with Crippen molar-refractivity contribution in [1.29, 1.82) is 0 Å². The van der Waals surface area contributed by atoms with Crippen molar-refractivity contribution in [3.8, 4) is 0 Å². The molecule has 100 valence electrons. The largest absolute Gasteiger partial charge is 0.319 e. The van der Waals surface area contributed by atoms with E-state index in [-0.39, 0.29) is 5.91 Å². The van der Waals surface area contributed by atoms with Gasteiger partial charge in [-0.25, -0.2) is 4.98 Å². The Morgan fingerprint density at radius 2 is 2.16 bits per heavy atom. The molecule has 2 heterocycles. The van der Waals surface area contributed by atoms with Crippen LogP contribution in [0.5, 0.6) is 0 Å². The van der Waals surface area contributed by atoms with Crippen molar-refractivity contribution < 1.29 is 4.79 Å². The Bertz CT molecular complexity index is 621. The van der Waals surface area contributed by atoms with Crippen LogP contribution in [0.2, 0.25) is 0 Å². The number of amides is 1. The molecule has 5 nitrogen and oxygen atoms in total. The summed E-state index contributed by atoms with van der Waals surface area (Å²) in [6.07, 6.45) is 1.62. The van der Waals surface area contributed by atoms with Crippen molar-refractivity contribution in [3.63, 3.8) is 0 Å². The molecule has 1 N–H and O–H groups in total. The van der Waals surface area contributed by atoms with Crippen molar-refractivity contribution in [2.45, 2.75) is 27.3 Å². The zero-order valence-corrected chi connectivity index (χ0v) is 12.7. The number of halogens is 1. The van der Waals surface area contributed by atoms with E-state index in [1.165, 1.54) is 0 Å².